The molecular formula is C23H24ClF2N5O3S. The SMILES string of the molecule is CCc1cc(O)c(F)cc1-c1cc2[nH]ncc2c(NCc2c(F)cccc2N(C)S(C)(=O)=O)n1.Cl. The van der Waals surface area contributed by atoms with Crippen LogP contribution in [0.4, 0.5) is 20.3 Å². The summed E-state index contributed by atoms with van der Waals surface area (Å²) in [5, 5.41) is 20.3. The van der Waals surface area contributed by atoms with Crippen molar-refractivity contribution in [1.29, 1.82) is 0 Å². The summed E-state index contributed by atoms with van der Waals surface area (Å²) in [5.74, 6) is -1.43. The Balaban J connectivity index is 0.00000342. The molecule has 3 N–H and O–H groups in total. The summed E-state index contributed by atoms with van der Waals surface area (Å²) in [4.78, 5) is 4.62. The standard InChI is InChI=1S/C23H23F2N5O3S.ClH/c1-4-13-8-22(31)18(25)9-14(13)19-10-20-16(12-27-29-20)23(28-19)26-11-15-17(24)6-5-7-21(15)30(2)34(3,32)33;/h5-10,12,31H,4,11H2,1-3H3,(H,26,28)(H,27,29);1H. The van der Waals surface area contributed by atoms with Crippen LogP contribution in [-0.4, -0.2) is 42.0 Å². The van der Waals surface area contributed by atoms with Crippen LogP contribution in [-0.2, 0) is 23.0 Å². The number of phenols is 1. The maximum Gasteiger partial charge on any atom is 0.232 e. The van der Waals surface area contributed by atoms with Crippen LogP contribution in [0.5, 0.6) is 5.75 Å². The summed E-state index contributed by atoms with van der Waals surface area (Å²) in [6.07, 6.45) is 3.12. The van der Waals surface area contributed by atoms with Crippen LogP contribution < -0.4 is 9.62 Å². The lowest BCUT2D eigenvalue weighted by Crippen LogP contribution is -2.26. The minimum absolute atomic E-state index is 0. The van der Waals surface area contributed by atoms with E-state index in [0.29, 0.717) is 40.0 Å². The minimum Gasteiger partial charge on any atom is -0.505 e. The van der Waals surface area contributed by atoms with E-state index in [4.69, 9.17) is 0 Å². The molecule has 0 spiro atoms. The molecule has 0 amide bonds. The molecule has 0 aliphatic heterocycles. The van der Waals surface area contributed by atoms with Crippen LogP contribution in [0.2, 0.25) is 0 Å². The molecule has 0 aliphatic carbocycles. The molecule has 0 radical (unpaired) electrons. The fourth-order valence-electron chi connectivity index (χ4n) is 3.72. The molecule has 4 rings (SSSR count). The number of phenolic OH excluding ortho intramolecular Hbond substituents is 1. The lowest BCUT2D eigenvalue weighted by atomic mass is 10.0. The zero-order chi connectivity index (χ0) is 24.6. The second-order valence-electron chi connectivity index (χ2n) is 7.82. The smallest absolute Gasteiger partial charge is 0.232 e. The first-order chi connectivity index (χ1) is 16.1. The number of halogens is 3. The van der Waals surface area contributed by atoms with Crippen LogP contribution in [0.1, 0.15) is 18.1 Å². The van der Waals surface area contributed by atoms with Gasteiger partial charge in [-0.05, 0) is 42.3 Å². The Hall–Kier alpha value is -3.44. The fourth-order valence-corrected chi connectivity index (χ4v) is 4.25. The van der Waals surface area contributed by atoms with Gasteiger partial charge in [-0.25, -0.2) is 22.2 Å². The van der Waals surface area contributed by atoms with Gasteiger partial charge in [0.15, 0.2) is 11.6 Å². The molecule has 35 heavy (non-hydrogen) atoms. The highest BCUT2D eigenvalue weighted by Gasteiger charge is 2.20. The number of hydrogen-bond acceptors (Lipinski definition) is 6. The molecule has 186 valence electrons. The Morgan fingerprint density at radius 2 is 1.91 bits per heavy atom. The molecule has 0 unspecified atom stereocenters. The first kappa shape index (κ1) is 26.2. The van der Waals surface area contributed by atoms with Crippen LogP contribution in [0.15, 0.2) is 42.6 Å². The van der Waals surface area contributed by atoms with Crippen molar-refractivity contribution in [1.82, 2.24) is 15.2 Å². The monoisotopic (exact) mass is 523 g/mol. The van der Waals surface area contributed by atoms with Gasteiger partial charge < -0.3 is 10.4 Å². The Morgan fingerprint density at radius 3 is 2.60 bits per heavy atom. The number of fused-ring (bicyclic) bond motifs is 1. The summed E-state index contributed by atoms with van der Waals surface area (Å²) in [5.41, 5.74) is 2.58. The van der Waals surface area contributed by atoms with Crippen molar-refractivity contribution in [2.24, 2.45) is 0 Å². The lowest BCUT2D eigenvalue weighted by Gasteiger charge is -2.21. The number of aromatic amines is 1. The molecule has 0 aliphatic rings. The summed E-state index contributed by atoms with van der Waals surface area (Å²) in [6, 6.07) is 8.51. The van der Waals surface area contributed by atoms with Crippen molar-refractivity contribution in [2.75, 3.05) is 22.9 Å². The Bertz CT molecular complexity index is 1490. The van der Waals surface area contributed by atoms with Crippen molar-refractivity contribution in [3.8, 4) is 17.0 Å². The highest BCUT2D eigenvalue weighted by Crippen LogP contribution is 2.33. The Labute approximate surface area is 207 Å². The number of rotatable bonds is 7. The van der Waals surface area contributed by atoms with E-state index in [9.17, 15) is 22.3 Å². The number of pyridine rings is 1. The average molecular weight is 524 g/mol. The summed E-state index contributed by atoms with van der Waals surface area (Å²) < 4.78 is 53.9. The fraction of sp³-hybridized carbons (Fsp3) is 0.217. The largest absolute Gasteiger partial charge is 0.505 e. The van der Waals surface area contributed by atoms with E-state index in [0.717, 1.165) is 10.6 Å². The normalized spacial score (nSPS) is 11.3. The van der Waals surface area contributed by atoms with Gasteiger partial charge in [0, 0.05) is 24.7 Å². The van der Waals surface area contributed by atoms with Crippen molar-refractivity contribution in [3.63, 3.8) is 0 Å². The molecule has 2 aromatic carbocycles. The van der Waals surface area contributed by atoms with Gasteiger partial charge in [0.05, 0.1) is 34.7 Å². The van der Waals surface area contributed by atoms with E-state index in [1.165, 1.54) is 37.4 Å². The number of hydrogen-bond donors (Lipinski definition) is 3. The first-order valence-corrected chi connectivity index (χ1v) is 12.3. The lowest BCUT2D eigenvalue weighted by molar-refractivity contribution is 0.432. The Morgan fingerprint density at radius 1 is 1.17 bits per heavy atom. The maximum atomic E-state index is 14.7. The van der Waals surface area contributed by atoms with Crippen molar-refractivity contribution in [2.45, 2.75) is 19.9 Å². The third-order valence-electron chi connectivity index (χ3n) is 5.63. The van der Waals surface area contributed by atoms with E-state index >= 15 is 0 Å². The molecule has 2 aromatic heterocycles. The predicted molar refractivity (Wildman–Crippen MR) is 135 cm³/mol. The third kappa shape index (κ3) is 5.15. The molecule has 0 saturated carbocycles. The van der Waals surface area contributed by atoms with Gasteiger partial charge in [-0.3, -0.25) is 9.40 Å². The number of aromatic nitrogens is 3. The topological polar surface area (TPSA) is 111 Å². The van der Waals surface area contributed by atoms with Gasteiger partial charge in [-0.2, -0.15) is 5.10 Å². The quantitative estimate of drug-likeness (QED) is 0.326. The molecule has 0 saturated heterocycles. The van der Waals surface area contributed by atoms with Gasteiger partial charge >= 0.3 is 0 Å². The van der Waals surface area contributed by atoms with Crippen LogP contribution >= 0.6 is 12.4 Å². The van der Waals surface area contributed by atoms with Gasteiger partial charge in [-0.1, -0.05) is 13.0 Å². The predicted octanol–water partition coefficient (Wildman–Crippen LogP) is 4.60. The average Bonchev–Trinajstić information content (AvgIpc) is 3.27. The third-order valence-corrected chi connectivity index (χ3v) is 6.82. The van der Waals surface area contributed by atoms with Gasteiger partial charge in [0.2, 0.25) is 10.0 Å². The number of aryl methyl sites for hydroxylation is 1. The molecule has 4 aromatic rings. The maximum absolute atomic E-state index is 14.7. The number of aromatic hydroxyl groups is 1. The number of anilines is 2. The van der Waals surface area contributed by atoms with Gasteiger partial charge in [0.1, 0.15) is 11.6 Å². The first-order valence-electron chi connectivity index (χ1n) is 10.4. The summed E-state index contributed by atoms with van der Waals surface area (Å²) in [6.45, 7) is 1.81. The van der Waals surface area contributed by atoms with Crippen LogP contribution in [0.25, 0.3) is 22.2 Å². The van der Waals surface area contributed by atoms with E-state index in [1.807, 2.05) is 6.92 Å². The van der Waals surface area contributed by atoms with E-state index in [1.54, 1.807) is 12.3 Å². The number of H-pyrrole nitrogens is 1. The van der Waals surface area contributed by atoms with Crippen LogP contribution in [0.3, 0.4) is 0 Å². The van der Waals surface area contributed by atoms with Gasteiger partial charge in [-0.15, -0.1) is 12.4 Å². The second-order valence-corrected chi connectivity index (χ2v) is 9.84. The molecule has 12 heteroatoms. The van der Waals surface area contributed by atoms with E-state index < -0.39 is 27.4 Å². The molecule has 8 nitrogen and oxygen atoms in total. The number of nitrogens with zero attached hydrogens (tertiary/aromatic N) is 3. The second kappa shape index (κ2) is 10.0. The molecule has 0 bridgehead atoms. The highest BCUT2D eigenvalue weighted by molar-refractivity contribution is 7.92. The molecule has 0 fully saturated rings. The van der Waals surface area contributed by atoms with E-state index in [-0.39, 0.29) is 30.2 Å². The molecule has 2 heterocycles. The minimum atomic E-state index is -3.61. The van der Waals surface area contributed by atoms with Gasteiger partial charge in [0.25, 0.3) is 0 Å². The van der Waals surface area contributed by atoms with Crippen LogP contribution in [0, 0.1) is 11.6 Å². The van der Waals surface area contributed by atoms with E-state index in [2.05, 4.69) is 20.5 Å². The van der Waals surface area contributed by atoms with Crippen molar-refractivity contribution < 1.29 is 22.3 Å². The number of benzene rings is 2. The number of nitrogens with one attached hydrogen (secondary N) is 2. The zero-order valence-electron chi connectivity index (χ0n) is 19.1. The molecular weight excluding hydrogens is 500 g/mol. The Kier molecular flexibility index (Phi) is 7.51. The zero-order valence-corrected chi connectivity index (χ0v) is 20.8. The van der Waals surface area contributed by atoms with Crippen molar-refractivity contribution >= 4 is 44.8 Å². The molecule has 0 atom stereocenters. The summed E-state index contributed by atoms with van der Waals surface area (Å²) >= 11 is 0. The highest BCUT2D eigenvalue weighted by atomic mass is 35.5. The van der Waals surface area contributed by atoms with Crippen molar-refractivity contribution in [3.05, 3.63) is 65.4 Å². The summed E-state index contributed by atoms with van der Waals surface area (Å²) in [7, 11) is -2.26. The number of sulfonamides is 1.